The molecule has 5 nitrogen and oxygen atoms in total. The molecule has 1 fully saturated rings. The molecule has 0 radical (unpaired) electrons. The number of hydrogen-bond acceptors (Lipinski definition) is 4. The second kappa shape index (κ2) is 5.43. The van der Waals surface area contributed by atoms with Crippen LogP contribution in [0.1, 0.15) is 5.56 Å². The lowest BCUT2D eigenvalue weighted by Crippen LogP contribution is -2.41. The summed E-state index contributed by atoms with van der Waals surface area (Å²) in [6.07, 6.45) is 0. The molecule has 0 aromatic heterocycles. The average Bonchev–Trinajstić information content (AvgIpc) is 2.82. The van der Waals surface area contributed by atoms with E-state index >= 15 is 0 Å². The highest BCUT2D eigenvalue weighted by Gasteiger charge is 2.40. The molecular formula is C11H12BrNO4S2. The van der Waals surface area contributed by atoms with E-state index in [0.717, 1.165) is 4.31 Å². The Morgan fingerprint density at radius 3 is 2.84 bits per heavy atom. The molecule has 0 bridgehead atoms. The third kappa shape index (κ3) is 2.81. The number of benzene rings is 1. The largest absolute Gasteiger partial charge is 0.480 e. The van der Waals surface area contributed by atoms with Crippen molar-refractivity contribution < 1.29 is 18.3 Å². The smallest absolute Gasteiger partial charge is 0.322 e. The summed E-state index contributed by atoms with van der Waals surface area (Å²) in [4.78, 5) is 11.3. The monoisotopic (exact) mass is 365 g/mol. The van der Waals surface area contributed by atoms with E-state index < -0.39 is 22.0 Å². The van der Waals surface area contributed by atoms with Gasteiger partial charge in [0.05, 0.1) is 10.8 Å². The van der Waals surface area contributed by atoms with Crippen LogP contribution in [0.2, 0.25) is 0 Å². The number of hydrogen-bond donors (Lipinski definition) is 1. The van der Waals surface area contributed by atoms with Crippen LogP contribution in [-0.4, -0.2) is 41.5 Å². The van der Waals surface area contributed by atoms with Crippen LogP contribution in [0.5, 0.6) is 0 Å². The Bertz CT molecular complexity index is 617. The van der Waals surface area contributed by atoms with Crippen LogP contribution < -0.4 is 0 Å². The minimum absolute atomic E-state index is 0.149. The molecule has 1 heterocycles. The third-order valence-electron chi connectivity index (χ3n) is 2.86. The van der Waals surface area contributed by atoms with Gasteiger partial charge in [0.15, 0.2) is 0 Å². The summed E-state index contributed by atoms with van der Waals surface area (Å²) in [6.45, 7) is 1.69. The minimum Gasteiger partial charge on any atom is -0.480 e. The molecule has 1 aromatic rings. The molecule has 104 valence electrons. The van der Waals surface area contributed by atoms with Crippen molar-refractivity contribution in [1.82, 2.24) is 4.31 Å². The Labute approximate surface area is 124 Å². The highest BCUT2D eigenvalue weighted by Crippen LogP contribution is 2.31. The fourth-order valence-electron chi connectivity index (χ4n) is 1.84. The van der Waals surface area contributed by atoms with Gasteiger partial charge in [-0.05, 0) is 24.6 Å². The van der Waals surface area contributed by atoms with E-state index in [1.165, 1.54) is 17.8 Å². The summed E-state index contributed by atoms with van der Waals surface area (Å²) in [7, 11) is -3.78. The molecule has 0 unspecified atom stereocenters. The van der Waals surface area contributed by atoms with E-state index in [4.69, 9.17) is 5.11 Å². The predicted molar refractivity (Wildman–Crippen MR) is 76.7 cm³/mol. The van der Waals surface area contributed by atoms with Gasteiger partial charge in [-0.1, -0.05) is 22.0 Å². The van der Waals surface area contributed by atoms with Crippen molar-refractivity contribution in [2.75, 3.05) is 11.6 Å². The molecule has 0 spiro atoms. The first-order chi connectivity index (χ1) is 8.84. The van der Waals surface area contributed by atoms with Gasteiger partial charge in [-0.25, -0.2) is 8.42 Å². The number of nitrogens with zero attached hydrogens (tertiary/aromatic N) is 1. The molecule has 1 saturated heterocycles. The number of aryl methyl sites for hydroxylation is 1. The zero-order valence-corrected chi connectivity index (χ0v) is 13.3. The number of carbonyl (C=O) groups is 1. The second-order valence-electron chi connectivity index (χ2n) is 4.16. The highest BCUT2D eigenvalue weighted by molar-refractivity contribution is 9.10. The van der Waals surface area contributed by atoms with Gasteiger partial charge in [0.2, 0.25) is 10.0 Å². The number of rotatable bonds is 3. The third-order valence-corrected chi connectivity index (χ3v) is 6.53. The molecule has 1 aliphatic rings. The van der Waals surface area contributed by atoms with Crippen molar-refractivity contribution in [2.24, 2.45) is 0 Å². The fraction of sp³-hybridized carbons (Fsp3) is 0.364. The van der Waals surface area contributed by atoms with Crippen LogP contribution in [0.15, 0.2) is 27.6 Å². The Morgan fingerprint density at radius 2 is 2.21 bits per heavy atom. The van der Waals surface area contributed by atoms with Crippen molar-refractivity contribution in [1.29, 1.82) is 0 Å². The van der Waals surface area contributed by atoms with E-state index in [1.54, 1.807) is 19.1 Å². The lowest BCUT2D eigenvalue weighted by molar-refractivity contribution is -0.140. The van der Waals surface area contributed by atoms with E-state index in [0.29, 0.717) is 10.0 Å². The molecule has 1 N–H and O–H groups in total. The van der Waals surface area contributed by atoms with E-state index in [9.17, 15) is 13.2 Å². The molecular weight excluding hydrogens is 354 g/mol. The standard InChI is InChI=1S/C11H12BrNO4S2/c1-7-2-3-8(12)4-10(7)19(16,17)13-6-18-5-9(13)11(14)15/h2-4,9H,5-6H2,1H3,(H,14,15)/t9-/m1/s1. The Morgan fingerprint density at radius 1 is 1.53 bits per heavy atom. The number of halogens is 1. The van der Waals surface area contributed by atoms with Gasteiger partial charge in [0.25, 0.3) is 0 Å². The van der Waals surface area contributed by atoms with Crippen LogP contribution in [-0.2, 0) is 14.8 Å². The number of sulfonamides is 1. The first-order valence-corrected chi connectivity index (χ1v) is 8.81. The first-order valence-electron chi connectivity index (χ1n) is 5.42. The van der Waals surface area contributed by atoms with E-state index in [-0.39, 0.29) is 16.5 Å². The highest BCUT2D eigenvalue weighted by atomic mass is 79.9. The van der Waals surface area contributed by atoms with Crippen molar-refractivity contribution in [3.8, 4) is 0 Å². The van der Waals surface area contributed by atoms with Crippen LogP contribution >= 0.6 is 27.7 Å². The van der Waals surface area contributed by atoms with Gasteiger partial charge >= 0.3 is 5.97 Å². The van der Waals surface area contributed by atoms with Crippen molar-refractivity contribution in [2.45, 2.75) is 17.9 Å². The lowest BCUT2D eigenvalue weighted by atomic mass is 10.2. The predicted octanol–water partition coefficient (Wildman–Crippen LogP) is 1.91. The van der Waals surface area contributed by atoms with Crippen LogP contribution in [0.4, 0.5) is 0 Å². The van der Waals surface area contributed by atoms with Crippen molar-refractivity contribution in [3.63, 3.8) is 0 Å². The SMILES string of the molecule is Cc1ccc(Br)cc1S(=O)(=O)N1CSC[C@@H]1C(=O)O. The summed E-state index contributed by atoms with van der Waals surface area (Å²) in [5.41, 5.74) is 0.601. The molecule has 19 heavy (non-hydrogen) atoms. The van der Waals surface area contributed by atoms with Gasteiger partial charge in [0.1, 0.15) is 6.04 Å². The molecule has 1 aromatic carbocycles. The van der Waals surface area contributed by atoms with Gasteiger partial charge < -0.3 is 5.11 Å². The summed E-state index contributed by atoms with van der Waals surface area (Å²) in [5, 5.41) is 9.09. The summed E-state index contributed by atoms with van der Waals surface area (Å²) in [6, 6.07) is 3.96. The molecule has 2 rings (SSSR count). The summed E-state index contributed by atoms with van der Waals surface area (Å²) in [5.74, 6) is -0.659. The Balaban J connectivity index is 2.48. The zero-order chi connectivity index (χ0) is 14.2. The molecule has 1 atom stereocenters. The Hall–Kier alpha value is -0.570. The van der Waals surface area contributed by atoms with Crippen molar-refractivity contribution in [3.05, 3.63) is 28.2 Å². The van der Waals surface area contributed by atoms with Gasteiger partial charge in [-0.15, -0.1) is 11.8 Å². The average molecular weight is 366 g/mol. The molecule has 8 heteroatoms. The van der Waals surface area contributed by atoms with E-state index in [2.05, 4.69) is 15.9 Å². The summed E-state index contributed by atoms with van der Waals surface area (Å²) < 4.78 is 26.8. The normalized spacial score (nSPS) is 20.6. The fourth-order valence-corrected chi connectivity index (χ4v) is 5.74. The molecule has 0 saturated carbocycles. The molecule has 0 amide bonds. The van der Waals surface area contributed by atoms with Crippen LogP contribution in [0.25, 0.3) is 0 Å². The minimum atomic E-state index is -3.78. The first kappa shape index (κ1) is 14.8. The number of thioether (sulfide) groups is 1. The van der Waals surface area contributed by atoms with Crippen LogP contribution in [0, 0.1) is 6.92 Å². The Kier molecular flexibility index (Phi) is 4.24. The number of carboxylic acid groups (broad SMARTS) is 1. The molecule has 1 aliphatic heterocycles. The molecule has 0 aliphatic carbocycles. The quantitative estimate of drug-likeness (QED) is 0.885. The topological polar surface area (TPSA) is 74.7 Å². The van der Waals surface area contributed by atoms with Crippen molar-refractivity contribution >= 4 is 43.7 Å². The maximum atomic E-state index is 12.6. The second-order valence-corrected chi connectivity index (χ2v) is 7.93. The van der Waals surface area contributed by atoms with Crippen LogP contribution in [0.3, 0.4) is 0 Å². The zero-order valence-electron chi connectivity index (χ0n) is 10.0. The van der Waals surface area contributed by atoms with E-state index in [1.807, 2.05) is 0 Å². The summed E-state index contributed by atoms with van der Waals surface area (Å²) >= 11 is 4.54. The lowest BCUT2D eigenvalue weighted by Gasteiger charge is -2.21. The van der Waals surface area contributed by atoms with Gasteiger partial charge in [-0.2, -0.15) is 4.31 Å². The van der Waals surface area contributed by atoms with Gasteiger partial charge in [0, 0.05) is 10.2 Å². The number of carboxylic acids is 1. The van der Waals surface area contributed by atoms with Gasteiger partial charge in [-0.3, -0.25) is 4.79 Å². The number of aliphatic carboxylic acids is 1. The maximum absolute atomic E-state index is 12.6. The maximum Gasteiger partial charge on any atom is 0.322 e.